The highest BCUT2D eigenvalue weighted by Gasteiger charge is 2.49. The van der Waals surface area contributed by atoms with Gasteiger partial charge in [0.15, 0.2) is 0 Å². The summed E-state index contributed by atoms with van der Waals surface area (Å²) in [4.78, 5) is 11.6. The molecule has 1 saturated carbocycles. The van der Waals surface area contributed by atoms with Crippen LogP contribution in [-0.2, 0) is 9.53 Å². The smallest absolute Gasteiger partial charge is 0.309 e. The van der Waals surface area contributed by atoms with Crippen molar-refractivity contribution in [2.24, 2.45) is 11.3 Å². The number of rotatable bonds is 4. The molecule has 3 heteroatoms. The molecular weight excluding hydrogens is 216 g/mol. The van der Waals surface area contributed by atoms with Gasteiger partial charge in [-0.25, -0.2) is 0 Å². The van der Waals surface area contributed by atoms with E-state index in [1.807, 2.05) is 6.92 Å². The summed E-state index contributed by atoms with van der Waals surface area (Å²) in [5.74, 6) is -0.338. The number of carboxylic acid groups (broad SMARTS) is 1. The van der Waals surface area contributed by atoms with Gasteiger partial charge >= 0.3 is 5.97 Å². The van der Waals surface area contributed by atoms with Crippen LogP contribution in [0.1, 0.15) is 58.8 Å². The average Bonchev–Trinajstić information content (AvgIpc) is 2.27. The molecule has 0 aromatic carbocycles. The van der Waals surface area contributed by atoms with E-state index >= 15 is 0 Å². The second kappa shape index (κ2) is 4.60. The molecule has 2 aliphatic rings. The number of carboxylic acids is 1. The van der Waals surface area contributed by atoms with Crippen LogP contribution in [0.2, 0.25) is 0 Å². The minimum atomic E-state index is -0.624. The Kier molecular flexibility index (Phi) is 3.48. The Morgan fingerprint density at radius 1 is 1.53 bits per heavy atom. The molecule has 0 aromatic heterocycles. The van der Waals surface area contributed by atoms with Gasteiger partial charge in [-0.1, -0.05) is 13.3 Å². The molecule has 17 heavy (non-hydrogen) atoms. The molecule has 1 aliphatic carbocycles. The maximum absolute atomic E-state index is 11.6. The van der Waals surface area contributed by atoms with E-state index in [9.17, 15) is 9.90 Å². The molecule has 98 valence electrons. The fraction of sp³-hybridized carbons (Fsp3) is 0.929. The standard InChI is InChI=1S/C14H24O3/c1-3-6-13(2,12(15)16)11-5-9-17-14(10-11)7-4-8-14/h11H,3-10H2,1-2H3,(H,15,16). The Labute approximate surface area is 104 Å². The minimum absolute atomic E-state index is 0.0490. The Balaban J connectivity index is 2.10. The molecule has 1 saturated heterocycles. The third-order valence-electron chi connectivity index (χ3n) is 4.92. The zero-order valence-corrected chi connectivity index (χ0v) is 11.0. The second-order valence-corrected chi connectivity index (χ2v) is 6.05. The average molecular weight is 240 g/mol. The summed E-state index contributed by atoms with van der Waals surface area (Å²) in [6, 6.07) is 0. The molecule has 1 N–H and O–H groups in total. The van der Waals surface area contributed by atoms with Gasteiger partial charge in [0, 0.05) is 6.61 Å². The lowest BCUT2D eigenvalue weighted by atomic mass is 9.63. The van der Waals surface area contributed by atoms with E-state index in [2.05, 4.69) is 6.92 Å². The van der Waals surface area contributed by atoms with E-state index in [0.717, 1.165) is 45.1 Å². The molecule has 2 unspecified atom stereocenters. The van der Waals surface area contributed by atoms with Gasteiger partial charge in [-0.2, -0.15) is 0 Å². The molecule has 1 aliphatic heterocycles. The zero-order valence-electron chi connectivity index (χ0n) is 11.0. The predicted octanol–water partition coefficient (Wildman–Crippen LogP) is 3.23. The fourth-order valence-corrected chi connectivity index (χ4v) is 3.50. The van der Waals surface area contributed by atoms with Crippen molar-refractivity contribution in [3.63, 3.8) is 0 Å². The van der Waals surface area contributed by atoms with Gasteiger partial charge in [0.2, 0.25) is 0 Å². The van der Waals surface area contributed by atoms with Crippen molar-refractivity contribution in [2.45, 2.75) is 64.4 Å². The molecule has 1 heterocycles. The molecule has 2 atom stereocenters. The first-order valence-electron chi connectivity index (χ1n) is 6.90. The van der Waals surface area contributed by atoms with Crippen LogP contribution in [0.4, 0.5) is 0 Å². The highest BCUT2D eigenvalue weighted by Crippen LogP contribution is 2.50. The first-order valence-corrected chi connectivity index (χ1v) is 6.90. The predicted molar refractivity (Wildman–Crippen MR) is 65.9 cm³/mol. The van der Waals surface area contributed by atoms with Crippen molar-refractivity contribution in [2.75, 3.05) is 6.61 Å². The summed E-state index contributed by atoms with van der Waals surface area (Å²) in [7, 11) is 0. The van der Waals surface area contributed by atoms with Crippen LogP contribution in [0.25, 0.3) is 0 Å². The molecule has 0 aromatic rings. The van der Waals surface area contributed by atoms with Crippen molar-refractivity contribution in [3.8, 4) is 0 Å². The SMILES string of the molecule is CCCC(C)(C(=O)O)C1CCOC2(CCC2)C1. The summed E-state index contributed by atoms with van der Waals surface area (Å²) >= 11 is 0. The van der Waals surface area contributed by atoms with Crippen LogP contribution < -0.4 is 0 Å². The van der Waals surface area contributed by atoms with Crippen molar-refractivity contribution in [3.05, 3.63) is 0 Å². The normalized spacial score (nSPS) is 30.6. The number of hydrogen-bond acceptors (Lipinski definition) is 2. The molecule has 2 fully saturated rings. The topological polar surface area (TPSA) is 46.5 Å². The van der Waals surface area contributed by atoms with E-state index in [1.165, 1.54) is 6.42 Å². The van der Waals surface area contributed by atoms with Gasteiger partial charge in [-0.05, 0) is 51.4 Å². The van der Waals surface area contributed by atoms with Gasteiger partial charge in [0.25, 0.3) is 0 Å². The fourth-order valence-electron chi connectivity index (χ4n) is 3.50. The van der Waals surface area contributed by atoms with Gasteiger partial charge in [-0.15, -0.1) is 0 Å². The largest absolute Gasteiger partial charge is 0.481 e. The van der Waals surface area contributed by atoms with Crippen LogP contribution in [0.3, 0.4) is 0 Å². The highest BCUT2D eigenvalue weighted by molar-refractivity contribution is 5.74. The molecule has 2 rings (SSSR count). The lowest BCUT2D eigenvalue weighted by Gasteiger charge is -2.50. The van der Waals surface area contributed by atoms with Gasteiger partial charge in [0.1, 0.15) is 0 Å². The number of ether oxygens (including phenoxy) is 1. The lowest BCUT2D eigenvalue weighted by molar-refractivity contribution is -0.175. The summed E-state index contributed by atoms with van der Waals surface area (Å²) in [6.07, 6.45) is 7.08. The molecular formula is C14H24O3. The van der Waals surface area contributed by atoms with Crippen molar-refractivity contribution >= 4 is 5.97 Å². The van der Waals surface area contributed by atoms with E-state index in [4.69, 9.17) is 4.74 Å². The van der Waals surface area contributed by atoms with E-state index in [-0.39, 0.29) is 11.5 Å². The monoisotopic (exact) mass is 240 g/mol. The second-order valence-electron chi connectivity index (χ2n) is 6.05. The minimum Gasteiger partial charge on any atom is -0.481 e. The van der Waals surface area contributed by atoms with Crippen molar-refractivity contribution < 1.29 is 14.6 Å². The highest BCUT2D eigenvalue weighted by atomic mass is 16.5. The molecule has 1 spiro atoms. The molecule has 0 amide bonds. The first kappa shape index (κ1) is 12.9. The van der Waals surface area contributed by atoms with Crippen LogP contribution >= 0.6 is 0 Å². The third-order valence-corrected chi connectivity index (χ3v) is 4.92. The molecule has 0 bridgehead atoms. The maximum atomic E-state index is 11.6. The van der Waals surface area contributed by atoms with Gasteiger partial charge < -0.3 is 9.84 Å². The Hall–Kier alpha value is -0.570. The van der Waals surface area contributed by atoms with Crippen molar-refractivity contribution in [1.82, 2.24) is 0 Å². The summed E-state index contributed by atoms with van der Waals surface area (Å²) in [6.45, 7) is 4.75. The number of carbonyl (C=O) groups is 1. The Bertz CT molecular complexity index is 296. The van der Waals surface area contributed by atoms with Crippen LogP contribution in [0.15, 0.2) is 0 Å². The Morgan fingerprint density at radius 2 is 2.24 bits per heavy atom. The zero-order chi connectivity index (χ0) is 12.5. The first-order chi connectivity index (χ1) is 8.02. The summed E-state index contributed by atoms with van der Waals surface area (Å²) < 4.78 is 5.89. The quantitative estimate of drug-likeness (QED) is 0.820. The maximum Gasteiger partial charge on any atom is 0.309 e. The van der Waals surface area contributed by atoms with Crippen LogP contribution in [-0.4, -0.2) is 23.3 Å². The van der Waals surface area contributed by atoms with E-state index in [1.54, 1.807) is 0 Å². The van der Waals surface area contributed by atoms with E-state index in [0.29, 0.717) is 0 Å². The van der Waals surface area contributed by atoms with Crippen LogP contribution in [0.5, 0.6) is 0 Å². The summed E-state index contributed by atoms with van der Waals surface area (Å²) in [5.41, 5.74) is -0.505. The number of hydrogen-bond donors (Lipinski definition) is 1. The summed E-state index contributed by atoms with van der Waals surface area (Å²) in [5, 5.41) is 9.54. The van der Waals surface area contributed by atoms with E-state index < -0.39 is 11.4 Å². The van der Waals surface area contributed by atoms with Gasteiger partial charge in [0.05, 0.1) is 11.0 Å². The Morgan fingerprint density at radius 3 is 2.71 bits per heavy atom. The third kappa shape index (κ3) is 2.22. The van der Waals surface area contributed by atoms with Gasteiger partial charge in [-0.3, -0.25) is 4.79 Å². The molecule has 0 radical (unpaired) electrons. The van der Waals surface area contributed by atoms with Crippen LogP contribution in [0, 0.1) is 11.3 Å². The lowest BCUT2D eigenvalue weighted by Crippen LogP contribution is -2.50. The molecule has 3 nitrogen and oxygen atoms in total. The number of aliphatic carboxylic acids is 1. The van der Waals surface area contributed by atoms with Crippen molar-refractivity contribution in [1.29, 1.82) is 0 Å².